The Morgan fingerprint density at radius 1 is 1.35 bits per heavy atom. The lowest BCUT2D eigenvalue weighted by molar-refractivity contribution is 0.547. The molecule has 1 unspecified atom stereocenters. The molecule has 108 valence electrons. The van der Waals surface area contributed by atoms with E-state index in [0.717, 1.165) is 23.3 Å². The second kappa shape index (κ2) is 6.50. The highest BCUT2D eigenvalue weighted by Gasteiger charge is 2.23. The monoisotopic (exact) mass is 336 g/mol. The molecule has 5 heteroatoms. The van der Waals surface area contributed by atoms with E-state index in [-0.39, 0.29) is 6.04 Å². The first-order valence-electron chi connectivity index (χ1n) is 6.90. The zero-order valence-electron chi connectivity index (χ0n) is 12.4. The van der Waals surface area contributed by atoms with Gasteiger partial charge in [0.25, 0.3) is 0 Å². The Kier molecular flexibility index (Phi) is 4.94. The molecule has 0 amide bonds. The lowest BCUT2D eigenvalue weighted by Crippen LogP contribution is -2.26. The minimum atomic E-state index is 0.101. The van der Waals surface area contributed by atoms with E-state index in [1.54, 1.807) is 0 Å². The van der Waals surface area contributed by atoms with Crippen molar-refractivity contribution in [2.75, 3.05) is 6.54 Å². The van der Waals surface area contributed by atoms with Gasteiger partial charge in [0.15, 0.2) is 4.60 Å². The van der Waals surface area contributed by atoms with E-state index in [1.165, 1.54) is 16.7 Å². The van der Waals surface area contributed by atoms with E-state index in [2.05, 4.69) is 70.5 Å². The molecule has 1 N–H and O–H groups in total. The predicted molar refractivity (Wildman–Crippen MR) is 84.8 cm³/mol. The summed E-state index contributed by atoms with van der Waals surface area (Å²) in [5, 5.41) is 11.8. The third kappa shape index (κ3) is 2.94. The van der Waals surface area contributed by atoms with Gasteiger partial charge in [0.1, 0.15) is 0 Å². The molecule has 4 nitrogen and oxygen atoms in total. The summed E-state index contributed by atoms with van der Waals surface area (Å²) in [6, 6.07) is 6.53. The van der Waals surface area contributed by atoms with Crippen LogP contribution in [0.5, 0.6) is 0 Å². The Bertz CT molecular complexity index is 572. The average molecular weight is 337 g/mol. The minimum Gasteiger partial charge on any atom is -0.305 e. The number of halogens is 1. The predicted octanol–water partition coefficient (Wildman–Crippen LogP) is 3.28. The topological polar surface area (TPSA) is 42.7 Å². The molecule has 1 aromatic carbocycles. The van der Waals surface area contributed by atoms with Gasteiger partial charge in [-0.15, -0.1) is 5.10 Å². The van der Waals surface area contributed by atoms with Gasteiger partial charge in [0.2, 0.25) is 0 Å². The van der Waals surface area contributed by atoms with Gasteiger partial charge in [0, 0.05) is 7.05 Å². The number of aromatic nitrogens is 3. The molecule has 0 saturated carbocycles. The van der Waals surface area contributed by atoms with Crippen LogP contribution in [0.15, 0.2) is 22.8 Å². The average Bonchev–Trinajstić information content (AvgIpc) is 2.75. The second-order valence-electron chi connectivity index (χ2n) is 5.07. The standard InChI is InChI=1S/C15H21BrN4/c1-5-9-17-13(14-15(16)18-19-20(14)4)12-8-6-7-10(2)11(12)3/h6-8,13,17H,5,9H2,1-4H3. The van der Waals surface area contributed by atoms with Gasteiger partial charge in [-0.05, 0) is 59.4 Å². The molecular formula is C15H21BrN4. The van der Waals surface area contributed by atoms with Gasteiger partial charge in [-0.2, -0.15) is 0 Å². The molecular weight excluding hydrogens is 316 g/mol. The lowest BCUT2D eigenvalue weighted by Gasteiger charge is -2.22. The van der Waals surface area contributed by atoms with E-state index in [4.69, 9.17) is 0 Å². The fourth-order valence-corrected chi connectivity index (χ4v) is 2.93. The zero-order valence-corrected chi connectivity index (χ0v) is 14.0. The van der Waals surface area contributed by atoms with Crippen molar-refractivity contribution in [3.8, 4) is 0 Å². The summed E-state index contributed by atoms with van der Waals surface area (Å²) < 4.78 is 2.63. The maximum absolute atomic E-state index is 4.11. The van der Waals surface area contributed by atoms with Gasteiger partial charge in [-0.1, -0.05) is 30.3 Å². The first-order valence-corrected chi connectivity index (χ1v) is 7.70. The molecule has 0 aliphatic rings. The molecule has 2 aromatic rings. The Hall–Kier alpha value is -1.20. The molecule has 0 aliphatic heterocycles. The van der Waals surface area contributed by atoms with Crippen LogP contribution in [-0.2, 0) is 7.05 Å². The third-order valence-corrected chi connectivity index (χ3v) is 4.22. The Labute approximate surface area is 128 Å². The molecule has 0 saturated heterocycles. The molecule has 2 rings (SSSR count). The molecule has 1 aromatic heterocycles. The van der Waals surface area contributed by atoms with Gasteiger partial charge < -0.3 is 5.32 Å². The first-order chi connectivity index (χ1) is 9.56. The smallest absolute Gasteiger partial charge is 0.153 e. The molecule has 1 heterocycles. The second-order valence-corrected chi connectivity index (χ2v) is 5.82. The van der Waals surface area contributed by atoms with Gasteiger partial charge in [-0.3, -0.25) is 0 Å². The molecule has 0 spiro atoms. The van der Waals surface area contributed by atoms with Crippen LogP contribution in [-0.4, -0.2) is 21.5 Å². The molecule has 0 fully saturated rings. The van der Waals surface area contributed by atoms with Crippen LogP contribution in [0, 0.1) is 13.8 Å². The summed E-state index contributed by atoms with van der Waals surface area (Å²) in [6.07, 6.45) is 1.09. The van der Waals surface area contributed by atoms with Crippen LogP contribution in [0.2, 0.25) is 0 Å². The SMILES string of the molecule is CCCNC(c1cccc(C)c1C)c1c(Br)nnn1C. The fraction of sp³-hybridized carbons (Fsp3) is 0.467. The summed E-state index contributed by atoms with van der Waals surface area (Å²) in [5.41, 5.74) is 4.96. The molecule has 0 bridgehead atoms. The van der Waals surface area contributed by atoms with Crippen molar-refractivity contribution < 1.29 is 0 Å². The van der Waals surface area contributed by atoms with Crippen molar-refractivity contribution in [2.45, 2.75) is 33.2 Å². The summed E-state index contributed by atoms with van der Waals surface area (Å²) in [7, 11) is 1.93. The molecule has 1 atom stereocenters. The van der Waals surface area contributed by atoms with Crippen molar-refractivity contribution in [3.05, 3.63) is 45.2 Å². The number of nitrogens with one attached hydrogen (secondary N) is 1. The van der Waals surface area contributed by atoms with E-state index in [0.29, 0.717) is 0 Å². The highest BCUT2D eigenvalue weighted by Crippen LogP contribution is 2.29. The number of aryl methyl sites for hydroxylation is 2. The maximum Gasteiger partial charge on any atom is 0.153 e. The van der Waals surface area contributed by atoms with Crippen molar-refractivity contribution in [3.63, 3.8) is 0 Å². The normalized spacial score (nSPS) is 12.7. The van der Waals surface area contributed by atoms with Crippen LogP contribution in [0.4, 0.5) is 0 Å². The van der Waals surface area contributed by atoms with Crippen molar-refractivity contribution >= 4 is 15.9 Å². The summed E-state index contributed by atoms with van der Waals surface area (Å²) >= 11 is 3.52. The fourth-order valence-electron chi connectivity index (χ4n) is 2.37. The van der Waals surface area contributed by atoms with Crippen LogP contribution < -0.4 is 5.32 Å². The van der Waals surface area contributed by atoms with Gasteiger partial charge >= 0.3 is 0 Å². The Morgan fingerprint density at radius 2 is 2.10 bits per heavy atom. The highest BCUT2D eigenvalue weighted by molar-refractivity contribution is 9.10. The van der Waals surface area contributed by atoms with Crippen LogP contribution >= 0.6 is 15.9 Å². The van der Waals surface area contributed by atoms with E-state index < -0.39 is 0 Å². The third-order valence-electron chi connectivity index (χ3n) is 3.66. The molecule has 20 heavy (non-hydrogen) atoms. The number of hydrogen-bond donors (Lipinski definition) is 1. The van der Waals surface area contributed by atoms with E-state index >= 15 is 0 Å². The van der Waals surface area contributed by atoms with Crippen molar-refractivity contribution in [1.82, 2.24) is 20.3 Å². The molecule has 0 aliphatic carbocycles. The van der Waals surface area contributed by atoms with Crippen LogP contribution in [0.25, 0.3) is 0 Å². The Balaban J connectivity index is 2.50. The summed E-state index contributed by atoms with van der Waals surface area (Å²) in [4.78, 5) is 0. The van der Waals surface area contributed by atoms with E-state index in [9.17, 15) is 0 Å². The van der Waals surface area contributed by atoms with Crippen LogP contribution in [0.1, 0.15) is 41.8 Å². The van der Waals surface area contributed by atoms with E-state index in [1.807, 2.05) is 11.7 Å². The van der Waals surface area contributed by atoms with Crippen molar-refractivity contribution in [1.29, 1.82) is 0 Å². The quantitative estimate of drug-likeness (QED) is 0.910. The van der Waals surface area contributed by atoms with Gasteiger partial charge in [0.05, 0.1) is 11.7 Å². The van der Waals surface area contributed by atoms with Gasteiger partial charge in [-0.25, -0.2) is 4.68 Å². The number of hydrogen-bond acceptors (Lipinski definition) is 3. The van der Waals surface area contributed by atoms with Crippen molar-refractivity contribution in [2.24, 2.45) is 7.05 Å². The Morgan fingerprint density at radius 3 is 2.70 bits per heavy atom. The lowest BCUT2D eigenvalue weighted by atomic mass is 9.95. The number of nitrogens with zero attached hydrogens (tertiary/aromatic N) is 3. The first kappa shape index (κ1) is 15.2. The number of benzene rings is 1. The largest absolute Gasteiger partial charge is 0.305 e. The van der Waals surface area contributed by atoms with Crippen LogP contribution in [0.3, 0.4) is 0 Å². The minimum absolute atomic E-state index is 0.101. The maximum atomic E-state index is 4.11. The molecule has 0 radical (unpaired) electrons. The highest BCUT2D eigenvalue weighted by atomic mass is 79.9. The summed E-state index contributed by atoms with van der Waals surface area (Å²) in [5.74, 6) is 0. The number of rotatable bonds is 5. The zero-order chi connectivity index (χ0) is 14.7. The summed E-state index contributed by atoms with van der Waals surface area (Å²) in [6.45, 7) is 7.44.